The van der Waals surface area contributed by atoms with Crippen LogP contribution in [0.15, 0.2) is 30.3 Å². The summed E-state index contributed by atoms with van der Waals surface area (Å²) in [6.45, 7) is 3.41. The molecule has 4 heteroatoms. The van der Waals surface area contributed by atoms with E-state index in [9.17, 15) is 0 Å². The van der Waals surface area contributed by atoms with Crippen LogP contribution in [0.25, 0.3) is 10.9 Å². The Morgan fingerprint density at radius 3 is 2.91 bits per heavy atom. The van der Waals surface area contributed by atoms with Crippen molar-refractivity contribution in [1.29, 1.82) is 0 Å². The van der Waals surface area contributed by atoms with Crippen LogP contribution in [0, 0.1) is 5.92 Å². The molecule has 1 aromatic heterocycles. The van der Waals surface area contributed by atoms with E-state index in [0.29, 0.717) is 6.04 Å². The molecule has 0 amide bonds. The fraction of sp³-hybridized carbons (Fsp3) is 0.500. The fourth-order valence-corrected chi connectivity index (χ4v) is 4.22. The van der Waals surface area contributed by atoms with Gasteiger partial charge in [0.15, 0.2) is 0 Å². The summed E-state index contributed by atoms with van der Waals surface area (Å²) >= 11 is 6.33. The molecule has 2 atom stereocenters. The third-order valence-electron chi connectivity index (χ3n) is 5.21. The van der Waals surface area contributed by atoms with Crippen LogP contribution in [-0.2, 0) is 0 Å². The van der Waals surface area contributed by atoms with Gasteiger partial charge in [-0.05, 0) is 44.0 Å². The first-order valence-electron chi connectivity index (χ1n) is 8.21. The first-order chi connectivity index (χ1) is 10.7. The number of fused-ring (bicyclic) bond motifs is 4. The Balaban J connectivity index is 1.70. The lowest BCUT2D eigenvalue weighted by molar-refractivity contribution is 0.249. The van der Waals surface area contributed by atoms with Crippen LogP contribution in [0.5, 0.6) is 0 Å². The van der Waals surface area contributed by atoms with Crippen molar-refractivity contribution in [2.75, 3.05) is 31.6 Å². The molecule has 0 N–H and O–H groups in total. The minimum atomic E-state index is 0.649. The molecular weight excluding hydrogens is 294 g/mol. The normalized spacial score (nSPS) is 26.2. The number of nitrogens with zero attached hydrogens (tertiary/aromatic N) is 3. The molecule has 2 aromatic rings. The maximum absolute atomic E-state index is 6.33. The second-order valence-electron chi connectivity index (χ2n) is 6.78. The van der Waals surface area contributed by atoms with E-state index in [1.165, 1.54) is 25.8 Å². The zero-order valence-corrected chi connectivity index (χ0v) is 13.8. The molecular formula is C18H22ClN3. The monoisotopic (exact) mass is 315 g/mol. The Morgan fingerprint density at radius 1 is 1.09 bits per heavy atom. The van der Waals surface area contributed by atoms with Gasteiger partial charge in [-0.1, -0.05) is 30.2 Å². The number of pyridine rings is 1. The molecule has 22 heavy (non-hydrogen) atoms. The maximum atomic E-state index is 6.33. The summed E-state index contributed by atoms with van der Waals surface area (Å²) in [6.07, 6.45) is 4.01. The Labute approximate surface area is 136 Å². The van der Waals surface area contributed by atoms with Crippen molar-refractivity contribution in [1.82, 2.24) is 9.88 Å². The number of likely N-dealkylation sites (N-methyl/N-ethyl adjacent to an activating group) is 1. The van der Waals surface area contributed by atoms with Gasteiger partial charge in [0.2, 0.25) is 0 Å². The van der Waals surface area contributed by atoms with E-state index in [0.717, 1.165) is 40.8 Å². The number of hydrogen-bond donors (Lipinski definition) is 0. The minimum absolute atomic E-state index is 0.649. The molecule has 2 saturated heterocycles. The van der Waals surface area contributed by atoms with E-state index in [1.807, 2.05) is 12.1 Å². The van der Waals surface area contributed by atoms with Crippen molar-refractivity contribution < 1.29 is 0 Å². The van der Waals surface area contributed by atoms with Gasteiger partial charge >= 0.3 is 0 Å². The summed E-state index contributed by atoms with van der Waals surface area (Å²) in [7, 11) is 2.27. The van der Waals surface area contributed by atoms with Gasteiger partial charge in [0.1, 0.15) is 5.82 Å². The molecule has 0 radical (unpaired) electrons. The molecule has 1 aromatic carbocycles. The fourth-order valence-electron chi connectivity index (χ4n) is 3.99. The molecule has 116 valence electrons. The summed E-state index contributed by atoms with van der Waals surface area (Å²) in [5, 5.41) is 1.86. The molecule has 0 aliphatic carbocycles. The van der Waals surface area contributed by atoms with Crippen molar-refractivity contribution in [3.05, 3.63) is 35.4 Å². The first kappa shape index (κ1) is 14.3. The Kier molecular flexibility index (Phi) is 3.71. The Morgan fingerprint density at radius 2 is 2.00 bits per heavy atom. The number of hydrogen-bond acceptors (Lipinski definition) is 3. The van der Waals surface area contributed by atoms with Crippen LogP contribution in [-0.4, -0.2) is 42.6 Å². The van der Waals surface area contributed by atoms with Crippen LogP contribution >= 0.6 is 11.6 Å². The second-order valence-corrected chi connectivity index (χ2v) is 7.18. The van der Waals surface area contributed by atoms with E-state index < -0.39 is 0 Å². The molecule has 2 aliphatic heterocycles. The first-order valence-corrected chi connectivity index (χ1v) is 8.59. The highest BCUT2D eigenvalue weighted by Gasteiger charge is 2.31. The zero-order chi connectivity index (χ0) is 15.1. The predicted molar refractivity (Wildman–Crippen MR) is 92.7 cm³/mol. The molecule has 0 spiro atoms. The van der Waals surface area contributed by atoms with E-state index in [-0.39, 0.29) is 0 Å². The summed E-state index contributed by atoms with van der Waals surface area (Å²) in [5.41, 5.74) is 0.921. The van der Waals surface area contributed by atoms with E-state index >= 15 is 0 Å². The summed E-state index contributed by atoms with van der Waals surface area (Å²) in [4.78, 5) is 9.89. The minimum Gasteiger partial charge on any atom is -0.355 e. The van der Waals surface area contributed by atoms with Gasteiger partial charge in [0.05, 0.1) is 10.5 Å². The van der Waals surface area contributed by atoms with Gasteiger partial charge in [-0.25, -0.2) is 4.98 Å². The largest absolute Gasteiger partial charge is 0.355 e. The lowest BCUT2D eigenvalue weighted by Crippen LogP contribution is -2.39. The Bertz CT molecular complexity index is 687. The lowest BCUT2D eigenvalue weighted by atomic mass is 10.00. The zero-order valence-electron chi connectivity index (χ0n) is 13.0. The number of para-hydroxylation sites is 1. The topological polar surface area (TPSA) is 19.4 Å². The van der Waals surface area contributed by atoms with Crippen LogP contribution in [0.1, 0.15) is 19.3 Å². The van der Waals surface area contributed by atoms with Crippen LogP contribution in [0.3, 0.4) is 0 Å². The molecule has 3 heterocycles. The number of anilines is 1. The Hall–Kier alpha value is -1.32. The van der Waals surface area contributed by atoms with Crippen LogP contribution < -0.4 is 4.90 Å². The maximum Gasteiger partial charge on any atom is 0.129 e. The number of aromatic nitrogens is 1. The van der Waals surface area contributed by atoms with Crippen LogP contribution in [0.2, 0.25) is 5.02 Å². The molecule has 2 fully saturated rings. The van der Waals surface area contributed by atoms with Crippen molar-refractivity contribution in [3.63, 3.8) is 0 Å². The summed E-state index contributed by atoms with van der Waals surface area (Å²) < 4.78 is 0. The highest BCUT2D eigenvalue weighted by atomic mass is 35.5. The second kappa shape index (κ2) is 5.71. The lowest BCUT2D eigenvalue weighted by Gasteiger charge is -2.30. The molecule has 0 saturated carbocycles. The molecule has 3 nitrogen and oxygen atoms in total. The number of rotatable bonds is 1. The van der Waals surface area contributed by atoms with Gasteiger partial charge in [-0.3, -0.25) is 0 Å². The third-order valence-corrected chi connectivity index (χ3v) is 5.51. The van der Waals surface area contributed by atoms with Gasteiger partial charge in [0.25, 0.3) is 0 Å². The quantitative estimate of drug-likeness (QED) is 0.797. The van der Waals surface area contributed by atoms with Gasteiger partial charge in [-0.2, -0.15) is 0 Å². The highest BCUT2D eigenvalue weighted by molar-refractivity contribution is 6.35. The average Bonchev–Trinajstić information content (AvgIpc) is 2.76. The third kappa shape index (κ3) is 2.57. The van der Waals surface area contributed by atoms with Crippen molar-refractivity contribution in [3.8, 4) is 0 Å². The van der Waals surface area contributed by atoms with Crippen molar-refractivity contribution in [2.24, 2.45) is 5.92 Å². The summed E-state index contributed by atoms with van der Waals surface area (Å²) in [6, 6.07) is 10.9. The van der Waals surface area contributed by atoms with Gasteiger partial charge in [0, 0.05) is 31.1 Å². The van der Waals surface area contributed by atoms with Gasteiger partial charge in [-0.15, -0.1) is 0 Å². The highest BCUT2D eigenvalue weighted by Crippen LogP contribution is 2.30. The molecule has 2 bridgehead atoms. The predicted octanol–water partition coefficient (Wildman–Crippen LogP) is 3.81. The smallest absolute Gasteiger partial charge is 0.129 e. The average molecular weight is 316 g/mol. The standard InChI is InChI=1S/C18H22ClN3/c1-21-10-13-4-2-6-15(21)12-22(11-13)17-9-8-14-5-3-7-16(19)18(14)20-17/h3,5,7-9,13,15H,2,4,6,10-12H2,1H3/t13-,15-/m0/s1. The van der Waals surface area contributed by atoms with E-state index in [2.05, 4.69) is 35.0 Å². The van der Waals surface area contributed by atoms with Crippen LogP contribution in [0.4, 0.5) is 5.82 Å². The van der Waals surface area contributed by atoms with E-state index in [1.54, 1.807) is 0 Å². The number of halogens is 1. The molecule has 0 unspecified atom stereocenters. The molecule has 4 rings (SSSR count). The SMILES string of the molecule is CN1C[C@@H]2CCC[C@H]1CN(c1ccc3cccc(Cl)c3n1)C2. The molecule has 2 aliphatic rings. The number of benzene rings is 1. The van der Waals surface area contributed by atoms with Gasteiger partial charge < -0.3 is 9.80 Å². The summed E-state index contributed by atoms with van der Waals surface area (Å²) in [5.74, 6) is 1.83. The van der Waals surface area contributed by atoms with Crippen molar-refractivity contribution >= 4 is 28.3 Å². The van der Waals surface area contributed by atoms with E-state index in [4.69, 9.17) is 16.6 Å². The van der Waals surface area contributed by atoms with Crippen molar-refractivity contribution in [2.45, 2.75) is 25.3 Å².